The number of nitrogens with zero attached hydrogens (tertiary/aromatic N) is 2. The van der Waals surface area contributed by atoms with Crippen molar-refractivity contribution in [3.8, 4) is 0 Å². The molecule has 0 bridgehead atoms. The summed E-state index contributed by atoms with van der Waals surface area (Å²) in [6.45, 7) is 0.0766. The highest BCUT2D eigenvalue weighted by Crippen LogP contribution is 2.23. The SMILES string of the molecule is OCc1ccc(Sc2ncn[nH]2)cc1. The molecular formula is C9H9N3OS. The Labute approximate surface area is 85.4 Å². The van der Waals surface area contributed by atoms with Crippen LogP contribution in [0.25, 0.3) is 0 Å². The minimum atomic E-state index is 0.0766. The number of aliphatic hydroxyl groups excluding tert-OH is 1. The number of rotatable bonds is 3. The molecule has 0 spiro atoms. The molecule has 0 saturated heterocycles. The molecule has 72 valence electrons. The molecule has 14 heavy (non-hydrogen) atoms. The van der Waals surface area contributed by atoms with Crippen molar-refractivity contribution in [3.05, 3.63) is 36.2 Å². The van der Waals surface area contributed by atoms with Crippen LogP contribution in [-0.2, 0) is 6.61 Å². The second kappa shape index (κ2) is 4.26. The fraction of sp³-hybridized carbons (Fsp3) is 0.111. The topological polar surface area (TPSA) is 61.8 Å². The van der Waals surface area contributed by atoms with Crippen molar-refractivity contribution >= 4 is 11.8 Å². The smallest absolute Gasteiger partial charge is 0.188 e. The highest BCUT2D eigenvalue weighted by atomic mass is 32.2. The van der Waals surface area contributed by atoms with Crippen LogP contribution in [0.3, 0.4) is 0 Å². The van der Waals surface area contributed by atoms with E-state index in [4.69, 9.17) is 5.11 Å². The third kappa shape index (κ3) is 2.12. The lowest BCUT2D eigenvalue weighted by atomic mass is 10.2. The van der Waals surface area contributed by atoms with Crippen molar-refractivity contribution in [3.63, 3.8) is 0 Å². The van der Waals surface area contributed by atoms with Crippen LogP contribution in [0.1, 0.15) is 5.56 Å². The molecule has 0 radical (unpaired) electrons. The fourth-order valence-corrected chi connectivity index (χ4v) is 1.71. The Hall–Kier alpha value is -1.33. The summed E-state index contributed by atoms with van der Waals surface area (Å²) >= 11 is 1.50. The van der Waals surface area contributed by atoms with Crippen molar-refractivity contribution < 1.29 is 5.11 Å². The summed E-state index contributed by atoms with van der Waals surface area (Å²) in [6.07, 6.45) is 1.48. The van der Waals surface area contributed by atoms with Crippen molar-refractivity contribution in [2.45, 2.75) is 16.7 Å². The van der Waals surface area contributed by atoms with E-state index in [0.717, 1.165) is 15.6 Å². The zero-order valence-electron chi connectivity index (χ0n) is 7.34. The third-order valence-electron chi connectivity index (χ3n) is 1.71. The van der Waals surface area contributed by atoms with E-state index in [9.17, 15) is 0 Å². The van der Waals surface area contributed by atoms with E-state index in [1.807, 2.05) is 24.3 Å². The number of aromatic amines is 1. The van der Waals surface area contributed by atoms with Gasteiger partial charge in [0.05, 0.1) is 6.61 Å². The van der Waals surface area contributed by atoms with Crippen molar-refractivity contribution in [1.82, 2.24) is 15.2 Å². The first-order valence-electron chi connectivity index (χ1n) is 4.11. The fourth-order valence-electron chi connectivity index (χ4n) is 1.02. The van der Waals surface area contributed by atoms with Gasteiger partial charge in [0.1, 0.15) is 6.33 Å². The summed E-state index contributed by atoms with van der Waals surface area (Å²) in [6, 6.07) is 7.66. The van der Waals surface area contributed by atoms with Gasteiger partial charge in [-0.3, -0.25) is 5.10 Å². The molecule has 1 aromatic carbocycles. The van der Waals surface area contributed by atoms with Gasteiger partial charge in [-0.25, -0.2) is 4.98 Å². The molecule has 0 aliphatic carbocycles. The minimum absolute atomic E-state index is 0.0766. The molecule has 1 heterocycles. The molecule has 2 rings (SSSR count). The van der Waals surface area contributed by atoms with Gasteiger partial charge in [-0.05, 0) is 17.7 Å². The minimum Gasteiger partial charge on any atom is -0.392 e. The number of aromatic nitrogens is 3. The van der Waals surface area contributed by atoms with Crippen molar-refractivity contribution in [2.24, 2.45) is 0 Å². The van der Waals surface area contributed by atoms with Crippen molar-refractivity contribution in [2.75, 3.05) is 0 Å². The molecule has 4 nitrogen and oxygen atoms in total. The summed E-state index contributed by atoms with van der Waals surface area (Å²) in [5.74, 6) is 0. The van der Waals surface area contributed by atoms with E-state index in [2.05, 4.69) is 15.2 Å². The van der Waals surface area contributed by atoms with Crippen LogP contribution in [0.2, 0.25) is 0 Å². The largest absolute Gasteiger partial charge is 0.392 e. The lowest BCUT2D eigenvalue weighted by Gasteiger charge is -1.98. The maximum Gasteiger partial charge on any atom is 0.188 e. The molecule has 0 atom stereocenters. The van der Waals surface area contributed by atoms with Crippen LogP contribution in [0.5, 0.6) is 0 Å². The summed E-state index contributed by atoms with van der Waals surface area (Å²) < 4.78 is 0. The first-order chi connectivity index (χ1) is 6.88. The second-order valence-corrected chi connectivity index (χ2v) is 3.76. The lowest BCUT2D eigenvalue weighted by Crippen LogP contribution is -1.82. The quantitative estimate of drug-likeness (QED) is 0.799. The van der Waals surface area contributed by atoms with Crippen LogP contribution in [-0.4, -0.2) is 20.3 Å². The average molecular weight is 207 g/mol. The Bertz CT molecular complexity index is 385. The Morgan fingerprint density at radius 2 is 2.07 bits per heavy atom. The molecule has 2 aromatic rings. The van der Waals surface area contributed by atoms with Gasteiger partial charge in [0.25, 0.3) is 0 Å². The van der Waals surface area contributed by atoms with Crippen LogP contribution in [0.4, 0.5) is 0 Å². The molecule has 0 amide bonds. The van der Waals surface area contributed by atoms with Gasteiger partial charge >= 0.3 is 0 Å². The van der Waals surface area contributed by atoms with Gasteiger partial charge in [-0.15, -0.1) is 0 Å². The lowest BCUT2D eigenvalue weighted by molar-refractivity contribution is 0.282. The summed E-state index contributed by atoms with van der Waals surface area (Å²) in [4.78, 5) is 5.07. The van der Waals surface area contributed by atoms with Crippen LogP contribution in [0.15, 0.2) is 40.6 Å². The first kappa shape index (κ1) is 9.23. The first-order valence-corrected chi connectivity index (χ1v) is 4.93. The predicted molar refractivity (Wildman–Crippen MR) is 52.9 cm³/mol. The van der Waals surface area contributed by atoms with Crippen molar-refractivity contribution in [1.29, 1.82) is 0 Å². The Balaban J connectivity index is 2.10. The van der Waals surface area contributed by atoms with E-state index >= 15 is 0 Å². The molecule has 2 N–H and O–H groups in total. The maximum absolute atomic E-state index is 8.85. The number of H-pyrrole nitrogens is 1. The monoisotopic (exact) mass is 207 g/mol. The van der Waals surface area contributed by atoms with Crippen LogP contribution in [0, 0.1) is 0 Å². The summed E-state index contributed by atoms with van der Waals surface area (Å²) in [5.41, 5.74) is 0.909. The van der Waals surface area contributed by atoms with Crippen LogP contribution >= 0.6 is 11.8 Å². The van der Waals surface area contributed by atoms with E-state index in [1.165, 1.54) is 18.1 Å². The molecule has 0 aliphatic rings. The van der Waals surface area contributed by atoms with E-state index in [1.54, 1.807) is 0 Å². The van der Waals surface area contributed by atoms with Gasteiger partial charge in [-0.1, -0.05) is 23.9 Å². The zero-order valence-corrected chi connectivity index (χ0v) is 8.16. The summed E-state index contributed by atoms with van der Waals surface area (Å²) in [5, 5.41) is 16.1. The normalized spacial score (nSPS) is 10.4. The highest BCUT2D eigenvalue weighted by molar-refractivity contribution is 7.99. The summed E-state index contributed by atoms with van der Waals surface area (Å²) in [7, 11) is 0. The number of hydrogen-bond acceptors (Lipinski definition) is 4. The van der Waals surface area contributed by atoms with Gasteiger partial charge in [0, 0.05) is 4.90 Å². The van der Waals surface area contributed by atoms with Gasteiger partial charge in [0.15, 0.2) is 5.16 Å². The molecule has 5 heteroatoms. The van der Waals surface area contributed by atoms with Gasteiger partial charge in [-0.2, -0.15) is 5.10 Å². The van der Waals surface area contributed by atoms with E-state index in [0.29, 0.717) is 0 Å². The highest BCUT2D eigenvalue weighted by Gasteiger charge is 1.99. The number of benzene rings is 1. The van der Waals surface area contributed by atoms with Gasteiger partial charge < -0.3 is 5.11 Å². The third-order valence-corrected chi connectivity index (χ3v) is 2.61. The number of aliphatic hydroxyl groups is 1. The predicted octanol–water partition coefficient (Wildman–Crippen LogP) is 1.45. The molecule has 0 fully saturated rings. The zero-order chi connectivity index (χ0) is 9.80. The molecular weight excluding hydrogens is 198 g/mol. The number of nitrogens with one attached hydrogen (secondary N) is 1. The molecule has 1 aromatic heterocycles. The average Bonchev–Trinajstić information content (AvgIpc) is 2.72. The Kier molecular flexibility index (Phi) is 2.81. The van der Waals surface area contributed by atoms with Gasteiger partial charge in [0.2, 0.25) is 0 Å². The van der Waals surface area contributed by atoms with E-state index in [-0.39, 0.29) is 6.61 Å². The molecule has 0 saturated carbocycles. The molecule has 0 unspecified atom stereocenters. The Morgan fingerprint density at radius 1 is 1.29 bits per heavy atom. The maximum atomic E-state index is 8.85. The molecule has 0 aliphatic heterocycles. The van der Waals surface area contributed by atoms with Crippen LogP contribution < -0.4 is 0 Å². The second-order valence-electron chi connectivity index (χ2n) is 2.69. The Morgan fingerprint density at radius 3 is 2.64 bits per heavy atom. The standard InChI is InChI=1S/C9H9N3OS/c13-5-7-1-3-8(4-2-7)14-9-10-6-11-12-9/h1-4,6,13H,5H2,(H,10,11,12). The number of hydrogen-bond donors (Lipinski definition) is 2. The van der Waals surface area contributed by atoms with E-state index < -0.39 is 0 Å².